The quantitative estimate of drug-likeness (QED) is 0.828. The molecule has 0 saturated carbocycles. The number of hydroxylamine groups is 2. The number of aromatic nitrogens is 2. The first-order valence-electron chi connectivity index (χ1n) is 8.04. The molecule has 1 aromatic heterocycles. The highest BCUT2D eigenvalue weighted by Gasteiger charge is 2.18. The average Bonchev–Trinajstić information content (AvgIpc) is 2.94. The summed E-state index contributed by atoms with van der Waals surface area (Å²) < 4.78 is 5.21. The SMILES string of the molecule is CC(C)Cc1noc([C@H](C)NC(=O)CCN2CCCCO2)n1. The summed E-state index contributed by atoms with van der Waals surface area (Å²) in [5.41, 5.74) is 0. The molecule has 7 nitrogen and oxygen atoms in total. The lowest BCUT2D eigenvalue weighted by molar-refractivity contribution is -0.181. The Hall–Kier alpha value is -1.47. The topological polar surface area (TPSA) is 80.5 Å². The van der Waals surface area contributed by atoms with Gasteiger partial charge in [0.05, 0.1) is 6.61 Å². The molecule has 0 unspecified atom stereocenters. The first-order valence-corrected chi connectivity index (χ1v) is 8.04. The number of carbonyl (C=O) groups is 1. The molecule has 22 heavy (non-hydrogen) atoms. The van der Waals surface area contributed by atoms with Crippen LogP contribution in [0, 0.1) is 5.92 Å². The van der Waals surface area contributed by atoms with Gasteiger partial charge in [0.25, 0.3) is 0 Å². The normalized spacial score (nSPS) is 17.6. The monoisotopic (exact) mass is 310 g/mol. The van der Waals surface area contributed by atoms with E-state index in [0.29, 0.717) is 30.6 Å². The van der Waals surface area contributed by atoms with E-state index in [1.54, 1.807) is 0 Å². The third kappa shape index (κ3) is 5.38. The number of amides is 1. The molecule has 1 N–H and O–H groups in total. The average molecular weight is 310 g/mol. The minimum Gasteiger partial charge on any atom is -0.345 e. The molecule has 1 fully saturated rings. The minimum absolute atomic E-state index is 0.0368. The van der Waals surface area contributed by atoms with E-state index in [9.17, 15) is 4.79 Å². The van der Waals surface area contributed by atoms with Crippen molar-refractivity contribution in [3.8, 4) is 0 Å². The van der Waals surface area contributed by atoms with Crippen LogP contribution in [0.3, 0.4) is 0 Å². The molecule has 124 valence electrons. The number of nitrogens with one attached hydrogen (secondary N) is 1. The van der Waals surface area contributed by atoms with E-state index in [1.807, 2.05) is 12.0 Å². The van der Waals surface area contributed by atoms with Crippen LogP contribution in [0.25, 0.3) is 0 Å². The van der Waals surface area contributed by atoms with Crippen molar-refractivity contribution in [2.75, 3.05) is 19.7 Å². The molecule has 0 radical (unpaired) electrons. The van der Waals surface area contributed by atoms with Crippen molar-refractivity contribution in [1.29, 1.82) is 0 Å². The van der Waals surface area contributed by atoms with Gasteiger partial charge < -0.3 is 9.84 Å². The standard InChI is InChI=1S/C15H26N4O3/c1-11(2)10-13-17-15(22-18-13)12(3)16-14(20)6-8-19-7-4-5-9-21-19/h11-12H,4-10H2,1-3H3,(H,16,20)/t12-/m0/s1. The maximum atomic E-state index is 12.0. The van der Waals surface area contributed by atoms with Gasteiger partial charge in [-0.3, -0.25) is 9.63 Å². The molecular weight excluding hydrogens is 284 g/mol. The molecule has 2 heterocycles. The van der Waals surface area contributed by atoms with Crippen LogP contribution in [0.1, 0.15) is 57.8 Å². The highest BCUT2D eigenvalue weighted by Crippen LogP contribution is 2.12. The summed E-state index contributed by atoms with van der Waals surface area (Å²) in [6.07, 6.45) is 3.39. The lowest BCUT2D eigenvalue weighted by atomic mass is 10.1. The van der Waals surface area contributed by atoms with Crippen LogP contribution < -0.4 is 5.32 Å². The first-order chi connectivity index (χ1) is 10.5. The van der Waals surface area contributed by atoms with Gasteiger partial charge in [-0.25, -0.2) is 0 Å². The van der Waals surface area contributed by atoms with E-state index in [2.05, 4.69) is 29.3 Å². The minimum atomic E-state index is -0.275. The summed E-state index contributed by atoms with van der Waals surface area (Å²) in [6, 6.07) is -0.275. The Kier molecular flexibility index (Phi) is 6.33. The second-order valence-corrected chi connectivity index (χ2v) is 6.16. The Bertz CT molecular complexity index is 469. The van der Waals surface area contributed by atoms with Crippen LogP contribution in [0.2, 0.25) is 0 Å². The Morgan fingerprint density at radius 3 is 2.86 bits per heavy atom. The summed E-state index contributed by atoms with van der Waals surface area (Å²) in [5, 5.41) is 8.69. The first kappa shape index (κ1) is 16.9. The molecule has 1 aliphatic heterocycles. The van der Waals surface area contributed by atoms with Crippen molar-refractivity contribution in [3.05, 3.63) is 11.7 Å². The zero-order valence-corrected chi connectivity index (χ0v) is 13.7. The van der Waals surface area contributed by atoms with Crippen molar-refractivity contribution < 1.29 is 14.2 Å². The molecule has 0 spiro atoms. The Balaban J connectivity index is 1.74. The van der Waals surface area contributed by atoms with Crippen LogP contribution >= 0.6 is 0 Å². The molecule has 7 heteroatoms. The molecule has 1 saturated heterocycles. The van der Waals surface area contributed by atoms with Gasteiger partial charge in [-0.05, 0) is 25.7 Å². The second kappa shape index (κ2) is 8.24. The number of rotatable bonds is 7. The smallest absolute Gasteiger partial charge is 0.248 e. The lowest BCUT2D eigenvalue weighted by Crippen LogP contribution is -2.35. The van der Waals surface area contributed by atoms with E-state index < -0.39 is 0 Å². The zero-order valence-electron chi connectivity index (χ0n) is 13.7. The van der Waals surface area contributed by atoms with E-state index in [4.69, 9.17) is 9.36 Å². The fraction of sp³-hybridized carbons (Fsp3) is 0.800. The number of carbonyl (C=O) groups excluding carboxylic acids is 1. The maximum absolute atomic E-state index is 12.0. The number of hydrogen-bond acceptors (Lipinski definition) is 6. The molecule has 1 aromatic rings. The van der Waals surface area contributed by atoms with Gasteiger partial charge in [0, 0.05) is 25.9 Å². The molecule has 0 aromatic carbocycles. The third-order valence-electron chi connectivity index (χ3n) is 3.49. The van der Waals surface area contributed by atoms with Crippen molar-refractivity contribution in [2.24, 2.45) is 5.92 Å². The molecule has 0 bridgehead atoms. The van der Waals surface area contributed by atoms with Gasteiger partial charge in [-0.1, -0.05) is 19.0 Å². The summed E-state index contributed by atoms with van der Waals surface area (Å²) in [6.45, 7) is 8.31. The molecule has 0 aliphatic carbocycles. The van der Waals surface area contributed by atoms with Gasteiger partial charge in [0.1, 0.15) is 6.04 Å². The predicted molar refractivity (Wildman–Crippen MR) is 80.8 cm³/mol. The van der Waals surface area contributed by atoms with Crippen molar-refractivity contribution in [3.63, 3.8) is 0 Å². The van der Waals surface area contributed by atoms with E-state index in [1.165, 1.54) is 0 Å². The van der Waals surface area contributed by atoms with Crippen LogP contribution in [0.15, 0.2) is 4.52 Å². The third-order valence-corrected chi connectivity index (χ3v) is 3.49. The maximum Gasteiger partial charge on any atom is 0.248 e. The Labute approximate surface area is 131 Å². The second-order valence-electron chi connectivity index (χ2n) is 6.16. The predicted octanol–water partition coefficient (Wildman–Crippen LogP) is 1.86. The van der Waals surface area contributed by atoms with Crippen LogP contribution in [-0.4, -0.2) is 40.8 Å². The highest BCUT2D eigenvalue weighted by atomic mass is 16.7. The van der Waals surface area contributed by atoms with E-state index >= 15 is 0 Å². The Morgan fingerprint density at radius 1 is 1.36 bits per heavy atom. The Morgan fingerprint density at radius 2 is 2.18 bits per heavy atom. The van der Waals surface area contributed by atoms with Crippen molar-refractivity contribution in [2.45, 2.75) is 52.5 Å². The van der Waals surface area contributed by atoms with Gasteiger partial charge in [0.2, 0.25) is 11.8 Å². The summed E-state index contributed by atoms with van der Waals surface area (Å²) >= 11 is 0. The molecule has 1 atom stereocenters. The van der Waals surface area contributed by atoms with Crippen molar-refractivity contribution in [1.82, 2.24) is 20.5 Å². The van der Waals surface area contributed by atoms with Crippen molar-refractivity contribution >= 4 is 5.91 Å². The summed E-state index contributed by atoms with van der Waals surface area (Å²) in [4.78, 5) is 21.8. The zero-order chi connectivity index (χ0) is 15.9. The lowest BCUT2D eigenvalue weighted by Gasteiger charge is -2.25. The molecule has 2 rings (SSSR count). The fourth-order valence-electron chi connectivity index (χ4n) is 2.32. The fourth-order valence-corrected chi connectivity index (χ4v) is 2.32. The van der Waals surface area contributed by atoms with Gasteiger partial charge >= 0.3 is 0 Å². The van der Waals surface area contributed by atoms with Gasteiger partial charge in [-0.15, -0.1) is 0 Å². The molecular formula is C15H26N4O3. The molecule has 1 aliphatic rings. The van der Waals surface area contributed by atoms with Crippen LogP contribution in [0.4, 0.5) is 0 Å². The molecule has 1 amide bonds. The largest absolute Gasteiger partial charge is 0.345 e. The van der Waals surface area contributed by atoms with Gasteiger partial charge in [-0.2, -0.15) is 10.0 Å². The highest BCUT2D eigenvalue weighted by molar-refractivity contribution is 5.76. The van der Waals surface area contributed by atoms with Gasteiger partial charge in [0.15, 0.2) is 5.82 Å². The summed E-state index contributed by atoms with van der Waals surface area (Å²) in [7, 11) is 0. The number of hydrogen-bond donors (Lipinski definition) is 1. The number of nitrogens with zero attached hydrogens (tertiary/aromatic N) is 3. The van der Waals surface area contributed by atoms with E-state index in [-0.39, 0.29) is 11.9 Å². The summed E-state index contributed by atoms with van der Waals surface area (Å²) in [5.74, 6) is 1.58. The van der Waals surface area contributed by atoms with Crippen LogP contribution in [-0.2, 0) is 16.1 Å². The van der Waals surface area contributed by atoms with Crippen LogP contribution in [0.5, 0.6) is 0 Å². The van der Waals surface area contributed by atoms with E-state index in [0.717, 1.165) is 32.4 Å².